The molecule has 1 aromatic carbocycles. The average Bonchev–Trinajstić information content (AvgIpc) is 3.44. The lowest BCUT2D eigenvalue weighted by Crippen LogP contribution is -2.62. The number of aliphatic carboxylic acids is 1. The molecule has 3 aromatic rings. The van der Waals surface area contributed by atoms with Crippen molar-refractivity contribution in [1.29, 1.82) is 0 Å². The molecule has 294 valence electrons. The van der Waals surface area contributed by atoms with E-state index in [1.165, 1.54) is 5.01 Å². The first-order valence-electron chi connectivity index (χ1n) is 19.0. The van der Waals surface area contributed by atoms with Crippen molar-refractivity contribution in [2.75, 3.05) is 39.9 Å². The molecule has 0 aliphatic carbocycles. The van der Waals surface area contributed by atoms with E-state index in [2.05, 4.69) is 71.3 Å². The summed E-state index contributed by atoms with van der Waals surface area (Å²) >= 11 is 0. The Labute approximate surface area is 318 Å². The molecule has 54 heavy (non-hydrogen) atoms. The molecule has 0 spiro atoms. The molecule has 0 saturated carbocycles. The first kappa shape index (κ1) is 40.9. The molecule has 1 fully saturated rings. The van der Waals surface area contributed by atoms with Crippen LogP contribution in [0.4, 0.5) is 4.79 Å². The maximum Gasteiger partial charge on any atom is 0.408 e. The number of hydrazine groups is 1. The molecule has 2 amide bonds. The normalized spacial score (nSPS) is 18.3. The lowest BCUT2D eigenvalue weighted by atomic mass is 9.84. The van der Waals surface area contributed by atoms with Crippen molar-refractivity contribution in [2.45, 2.75) is 104 Å². The van der Waals surface area contributed by atoms with Crippen LogP contribution in [0.2, 0.25) is 0 Å². The lowest BCUT2D eigenvalue weighted by Gasteiger charge is -2.36. The highest BCUT2D eigenvalue weighted by Crippen LogP contribution is 2.41. The summed E-state index contributed by atoms with van der Waals surface area (Å²) in [5.74, 6) is -1.44. The zero-order valence-electron chi connectivity index (χ0n) is 33.1. The van der Waals surface area contributed by atoms with Gasteiger partial charge in [-0.1, -0.05) is 26.0 Å². The summed E-state index contributed by atoms with van der Waals surface area (Å²) in [6.45, 7) is 16.1. The molecule has 13 nitrogen and oxygen atoms in total. The number of aliphatic hydroxyl groups excluding tert-OH is 1. The van der Waals surface area contributed by atoms with Crippen molar-refractivity contribution in [3.8, 4) is 11.3 Å². The number of carbonyl (C=O) groups excluding carboxylic acids is 2. The summed E-state index contributed by atoms with van der Waals surface area (Å²) < 4.78 is 13.6. The summed E-state index contributed by atoms with van der Waals surface area (Å²) in [6, 6.07) is 8.74. The van der Waals surface area contributed by atoms with Crippen LogP contribution >= 0.6 is 0 Å². The number of rotatable bonds is 13. The van der Waals surface area contributed by atoms with Crippen LogP contribution in [-0.2, 0) is 32.0 Å². The van der Waals surface area contributed by atoms with Gasteiger partial charge in [-0.2, -0.15) is 0 Å². The largest absolute Gasteiger partial charge is 0.480 e. The monoisotopic (exact) mass is 746 g/mol. The van der Waals surface area contributed by atoms with Crippen LogP contribution in [0.3, 0.4) is 0 Å². The van der Waals surface area contributed by atoms with E-state index in [-0.39, 0.29) is 24.7 Å². The van der Waals surface area contributed by atoms with Gasteiger partial charge in [0.25, 0.3) is 5.91 Å². The second-order valence-electron chi connectivity index (χ2n) is 16.2. The van der Waals surface area contributed by atoms with Crippen molar-refractivity contribution in [1.82, 2.24) is 30.2 Å². The maximum absolute atomic E-state index is 13.9. The zero-order valence-corrected chi connectivity index (χ0v) is 33.1. The molecule has 3 atom stereocenters. The van der Waals surface area contributed by atoms with Gasteiger partial charge in [0, 0.05) is 69.1 Å². The summed E-state index contributed by atoms with van der Waals surface area (Å²) in [5.41, 5.74) is 9.00. The third-order valence-electron chi connectivity index (χ3n) is 10.2. The van der Waals surface area contributed by atoms with E-state index in [4.69, 9.17) is 14.5 Å². The number of amides is 2. The number of pyridine rings is 1. The number of fused-ring (bicyclic) bond motifs is 1. The number of nitrogens with zero attached hydrogens (tertiary/aromatic N) is 4. The first-order chi connectivity index (χ1) is 25.6. The summed E-state index contributed by atoms with van der Waals surface area (Å²) in [5, 5.41) is 25.2. The molecule has 4 heterocycles. The second-order valence-corrected chi connectivity index (χ2v) is 16.2. The van der Waals surface area contributed by atoms with Crippen LogP contribution in [0, 0.1) is 5.41 Å². The Balaban J connectivity index is 1.49. The van der Waals surface area contributed by atoms with Crippen LogP contribution in [-0.4, -0.2) is 105 Å². The van der Waals surface area contributed by atoms with Gasteiger partial charge in [0.05, 0.1) is 17.5 Å². The topological polar surface area (TPSA) is 158 Å². The van der Waals surface area contributed by atoms with Gasteiger partial charge in [-0.25, -0.2) is 10.2 Å². The number of aliphatic hydroxyl groups is 1. The molecule has 0 bridgehead atoms. The Morgan fingerprint density at radius 3 is 2.56 bits per heavy atom. The van der Waals surface area contributed by atoms with E-state index in [9.17, 15) is 24.6 Å². The molecular weight excluding hydrogens is 688 g/mol. The number of hydrogen-bond donors (Lipinski definition) is 4. The van der Waals surface area contributed by atoms with E-state index in [0.717, 1.165) is 57.5 Å². The Hall–Kier alpha value is -4.30. The van der Waals surface area contributed by atoms with Crippen molar-refractivity contribution in [3.05, 3.63) is 59.4 Å². The van der Waals surface area contributed by atoms with Gasteiger partial charge in [0.1, 0.15) is 17.7 Å². The van der Waals surface area contributed by atoms with E-state index < -0.39 is 35.7 Å². The minimum atomic E-state index is -1.03. The summed E-state index contributed by atoms with van der Waals surface area (Å²) in [4.78, 5) is 45.5. The number of carboxylic acids is 1. The quantitative estimate of drug-likeness (QED) is 0.175. The minimum absolute atomic E-state index is 0.0283. The number of carboxylic acid groups (broad SMARTS) is 1. The highest BCUT2D eigenvalue weighted by Gasteiger charge is 2.35. The van der Waals surface area contributed by atoms with Crippen LogP contribution in [0.5, 0.6) is 0 Å². The molecule has 2 aliphatic rings. The fourth-order valence-corrected chi connectivity index (χ4v) is 7.40. The number of benzene rings is 1. The van der Waals surface area contributed by atoms with E-state index >= 15 is 0 Å². The van der Waals surface area contributed by atoms with Gasteiger partial charge in [-0.05, 0) is 107 Å². The highest BCUT2D eigenvalue weighted by atomic mass is 16.6. The molecule has 13 heteroatoms. The Morgan fingerprint density at radius 1 is 1.13 bits per heavy atom. The number of hydrogen-bond acceptors (Lipinski definition) is 9. The smallest absolute Gasteiger partial charge is 0.408 e. The van der Waals surface area contributed by atoms with Gasteiger partial charge in [0.2, 0.25) is 0 Å². The third-order valence-corrected chi connectivity index (χ3v) is 10.2. The number of alkyl carbamates (subject to hydrolysis) is 1. The van der Waals surface area contributed by atoms with Crippen molar-refractivity contribution in [3.63, 3.8) is 0 Å². The fraction of sp³-hybridized carbons (Fsp3) is 0.561. The molecular formula is C41H58N6O7. The fourth-order valence-electron chi connectivity index (χ4n) is 7.40. The van der Waals surface area contributed by atoms with Crippen LogP contribution in [0.1, 0.15) is 90.7 Å². The zero-order chi connectivity index (χ0) is 39.4. The number of ether oxygens (including phenoxy) is 2. The third kappa shape index (κ3) is 9.49. The molecule has 4 N–H and O–H groups in total. The summed E-state index contributed by atoms with van der Waals surface area (Å²) in [6.07, 6.45) is 5.41. The maximum atomic E-state index is 13.9. The Kier molecular flexibility index (Phi) is 12.9. The average molecular weight is 747 g/mol. The standard InChI is InChI=1S/C41H58N6O7/c1-9-46-34-17-16-27(21-30(34)31(22-41(6,7)25-48)36(46)29-14-10-18-42-35(29)26(2)53-8)28-13-11-19-45(23-28)24-33(43-39(52)54-40(3,4)5)37(49)47-20-12-15-32(44-47)38(50)51/h10,13-14,16-18,21,26,32-33,44,48H,9,11-12,15,19-20,22-25H2,1-8H3,(H,43,52)(H,50,51)/t26?,32-,33?/m0/s1. The van der Waals surface area contributed by atoms with Crippen LogP contribution in [0.25, 0.3) is 27.7 Å². The SMILES string of the molecule is CCn1c(-c2cccnc2C(C)OC)c(CC(C)(C)CO)c2cc(C3=CCCN(CC(NC(=O)OC(C)(C)C)C(=O)N4CCC[C@@H](C(=O)O)N4)C3)ccc21. The lowest BCUT2D eigenvalue weighted by molar-refractivity contribution is -0.148. The van der Waals surface area contributed by atoms with Gasteiger partial charge < -0.3 is 29.6 Å². The predicted molar refractivity (Wildman–Crippen MR) is 209 cm³/mol. The Bertz CT molecular complexity index is 1860. The minimum Gasteiger partial charge on any atom is -0.480 e. The predicted octanol–water partition coefficient (Wildman–Crippen LogP) is 5.55. The van der Waals surface area contributed by atoms with Crippen molar-refractivity contribution < 1.29 is 34.1 Å². The van der Waals surface area contributed by atoms with E-state index in [1.54, 1.807) is 34.1 Å². The van der Waals surface area contributed by atoms with Gasteiger partial charge in [-0.15, -0.1) is 0 Å². The van der Waals surface area contributed by atoms with Crippen LogP contribution in [0.15, 0.2) is 42.6 Å². The van der Waals surface area contributed by atoms with Crippen molar-refractivity contribution in [2.24, 2.45) is 5.41 Å². The number of carbonyl (C=O) groups is 3. The number of nitrogens with one attached hydrogen (secondary N) is 2. The molecule has 2 aliphatic heterocycles. The molecule has 5 rings (SSSR count). The number of aromatic nitrogens is 2. The van der Waals surface area contributed by atoms with Gasteiger partial charge in [-0.3, -0.25) is 24.5 Å². The molecule has 2 aromatic heterocycles. The molecule has 2 unspecified atom stereocenters. The van der Waals surface area contributed by atoms with E-state index in [0.29, 0.717) is 38.9 Å². The van der Waals surface area contributed by atoms with Crippen LogP contribution < -0.4 is 10.7 Å². The summed E-state index contributed by atoms with van der Waals surface area (Å²) in [7, 11) is 1.69. The van der Waals surface area contributed by atoms with E-state index in [1.807, 2.05) is 13.0 Å². The number of aryl methyl sites for hydroxylation is 1. The number of methoxy groups -OCH3 is 1. The Morgan fingerprint density at radius 2 is 1.89 bits per heavy atom. The molecule has 1 saturated heterocycles. The second kappa shape index (κ2) is 17.0. The van der Waals surface area contributed by atoms with Gasteiger partial charge in [0.15, 0.2) is 0 Å². The first-order valence-corrected chi connectivity index (χ1v) is 19.0. The molecule has 0 radical (unpaired) electrons. The van der Waals surface area contributed by atoms with Gasteiger partial charge >= 0.3 is 12.1 Å². The van der Waals surface area contributed by atoms with Crippen molar-refractivity contribution >= 4 is 34.4 Å². The highest BCUT2D eigenvalue weighted by molar-refractivity contribution is 5.95.